The van der Waals surface area contributed by atoms with Crippen molar-refractivity contribution in [3.05, 3.63) is 51.5 Å². The Labute approximate surface area is 126 Å². The molecule has 0 spiro atoms. The highest BCUT2D eigenvalue weighted by Crippen LogP contribution is 2.19. The fraction of sp³-hybridized carbons (Fsp3) is 0.133. The minimum absolute atomic E-state index is 0.224. The lowest BCUT2D eigenvalue weighted by molar-refractivity contribution is -0.131. The van der Waals surface area contributed by atoms with Gasteiger partial charge in [0.1, 0.15) is 4.88 Å². The van der Waals surface area contributed by atoms with Crippen LogP contribution in [0.4, 0.5) is 5.69 Å². The maximum absolute atomic E-state index is 12.0. The van der Waals surface area contributed by atoms with Gasteiger partial charge in [-0.2, -0.15) is 0 Å². The molecule has 0 saturated carbocycles. The number of hydrogen-bond donors (Lipinski definition) is 2. The van der Waals surface area contributed by atoms with Gasteiger partial charge in [0.05, 0.1) is 11.2 Å². The molecule has 1 aromatic heterocycles. The van der Waals surface area contributed by atoms with E-state index in [0.29, 0.717) is 10.6 Å². The predicted molar refractivity (Wildman–Crippen MR) is 82.7 cm³/mol. The lowest BCUT2D eigenvalue weighted by Crippen LogP contribution is -2.10. The number of carbonyl (C=O) groups excluding carboxylic acids is 1. The van der Waals surface area contributed by atoms with Gasteiger partial charge in [-0.25, -0.2) is 9.78 Å². The summed E-state index contributed by atoms with van der Waals surface area (Å²) < 4.78 is 0. The second-order valence-corrected chi connectivity index (χ2v) is 5.68. The number of nitrogens with zero attached hydrogens (tertiary/aromatic N) is 1. The largest absolute Gasteiger partial charge is 0.478 e. The molecule has 0 saturated heterocycles. The first kappa shape index (κ1) is 14.9. The van der Waals surface area contributed by atoms with E-state index in [1.54, 1.807) is 12.1 Å². The minimum atomic E-state index is -1.01. The number of nitrogens with one attached hydrogen (secondary N) is 1. The third-order valence-corrected chi connectivity index (χ3v) is 3.70. The summed E-state index contributed by atoms with van der Waals surface area (Å²) in [4.78, 5) is 27.2. The molecule has 0 aliphatic rings. The van der Waals surface area contributed by atoms with Gasteiger partial charge in [0.2, 0.25) is 0 Å². The van der Waals surface area contributed by atoms with E-state index in [2.05, 4.69) is 10.3 Å². The van der Waals surface area contributed by atoms with Gasteiger partial charge in [-0.1, -0.05) is 6.07 Å². The van der Waals surface area contributed by atoms with Gasteiger partial charge < -0.3 is 10.4 Å². The standard InChI is InChI=1S/C15H14N2O3S/c1-9-3-5-12(7-11(9)4-6-14(18)19)17-15(20)13-8-16-10(2)21-13/h3-8H,1-2H3,(H,17,20)(H,18,19)/b6-4+. The Bertz CT molecular complexity index is 719. The predicted octanol–water partition coefficient (Wildman–Crippen LogP) is 3.11. The number of hydrogen-bond acceptors (Lipinski definition) is 4. The molecule has 2 rings (SSSR count). The Hall–Kier alpha value is -2.47. The number of benzene rings is 1. The third kappa shape index (κ3) is 4.00. The second-order valence-electron chi connectivity index (χ2n) is 4.44. The highest BCUT2D eigenvalue weighted by atomic mass is 32.1. The maximum atomic E-state index is 12.0. The number of aromatic nitrogens is 1. The molecule has 0 atom stereocenters. The van der Waals surface area contributed by atoms with E-state index in [-0.39, 0.29) is 5.91 Å². The fourth-order valence-corrected chi connectivity index (χ4v) is 2.39. The molecule has 0 bridgehead atoms. The van der Waals surface area contributed by atoms with Gasteiger partial charge >= 0.3 is 5.97 Å². The van der Waals surface area contributed by atoms with Crippen LogP contribution in [0.2, 0.25) is 0 Å². The molecule has 0 radical (unpaired) electrons. The number of amides is 1. The fourth-order valence-electron chi connectivity index (χ4n) is 1.72. The van der Waals surface area contributed by atoms with Gasteiger partial charge in [-0.05, 0) is 43.2 Å². The lowest BCUT2D eigenvalue weighted by atomic mass is 10.1. The average molecular weight is 302 g/mol. The van der Waals surface area contributed by atoms with Crippen molar-refractivity contribution in [2.24, 2.45) is 0 Å². The van der Waals surface area contributed by atoms with Crippen molar-refractivity contribution in [3.63, 3.8) is 0 Å². The van der Waals surface area contributed by atoms with Crippen molar-refractivity contribution in [1.29, 1.82) is 0 Å². The van der Waals surface area contributed by atoms with Crippen molar-refractivity contribution in [3.8, 4) is 0 Å². The van der Waals surface area contributed by atoms with E-state index in [4.69, 9.17) is 5.11 Å². The normalized spacial score (nSPS) is 10.8. The Kier molecular flexibility index (Phi) is 4.49. The number of aliphatic carboxylic acids is 1. The average Bonchev–Trinajstić information content (AvgIpc) is 2.86. The van der Waals surface area contributed by atoms with Gasteiger partial charge in [-0.15, -0.1) is 11.3 Å². The zero-order valence-corrected chi connectivity index (χ0v) is 12.4. The van der Waals surface area contributed by atoms with Gasteiger partial charge in [0.25, 0.3) is 5.91 Å². The molecule has 6 heteroatoms. The second kappa shape index (κ2) is 6.32. The van der Waals surface area contributed by atoms with Crippen LogP contribution >= 0.6 is 11.3 Å². The van der Waals surface area contributed by atoms with Crippen molar-refractivity contribution < 1.29 is 14.7 Å². The molecule has 108 valence electrons. The van der Waals surface area contributed by atoms with Crippen LogP contribution in [0.1, 0.15) is 25.8 Å². The summed E-state index contributed by atoms with van der Waals surface area (Å²) in [6, 6.07) is 5.34. The van der Waals surface area contributed by atoms with Crippen LogP contribution in [0, 0.1) is 13.8 Å². The summed E-state index contributed by atoms with van der Waals surface area (Å²) in [5.74, 6) is -1.23. The summed E-state index contributed by atoms with van der Waals surface area (Å²) in [6.07, 6.45) is 4.11. The van der Waals surface area contributed by atoms with E-state index in [0.717, 1.165) is 22.2 Å². The summed E-state index contributed by atoms with van der Waals surface area (Å²) in [7, 11) is 0. The number of anilines is 1. The molecule has 1 heterocycles. The Morgan fingerprint density at radius 2 is 2.10 bits per heavy atom. The number of carbonyl (C=O) groups is 2. The van der Waals surface area contributed by atoms with Gasteiger partial charge in [0.15, 0.2) is 0 Å². The minimum Gasteiger partial charge on any atom is -0.478 e. The topological polar surface area (TPSA) is 79.3 Å². The molecule has 0 fully saturated rings. The van der Waals surface area contributed by atoms with E-state index >= 15 is 0 Å². The molecular formula is C15H14N2O3S. The molecule has 0 aliphatic carbocycles. The van der Waals surface area contributed by atoms with E-state index in [9.17, 15) is 9.59 Å². The number of carboxylic acid groups (broad SMARTS) is 1. The zero-order chi connectivity index (χ0) is 15.4. The first-order valence-electron chi connectivity index (χ1n) is 6.21. The van der Waals surface area contributed by atoms with Crippen LogP contribution in [-0.4, -0.2) is 22.0 Å². The molecule has 1 amide bonds. The summed E-state index contributed by atoms with van der Waals surface area (Å²) in [5.41, 5.74) is 2.29. The quantitative estimate of drug-likeness (QED) is 0.850. The zero-order valence-electron chi connectivity index (χ0n) is 11.6. The van der Waals surface area contributed by atoms with Gasteiger partial charge in [-0.3, -0.25) is 4.79 Å². The van der Waals surface area contributed by atoms with Crippen LogP contribution in [0.3, 0.4) is 0 Å². The summed E-state index contributed by atoms with van der Waals surface area (Å²) in [6.45, 7) is 3.71. The molecule has 21 heavy (non-hydrogen) atoms. The molecule has 1 aromatic carbocycles. The highest BCUT2D eigenvalue weighted by Gasteiger charge is 2.09. The van der Waals surface area contributed by atoms with Crippen LogP contribution < -0.4 is 5.32 Å². The molecule has 2 N–H and O–H groups in total. The van der Waals surface area contributed by atoms with Crippen molar-refractivity contribution in [2.75, 3.05) is 5.32 Å². The molecule has 2 aromatic rings. The lowest BCUT2D eigenvalue weighted by Gasteiger charge is -2.06. The van der Waals surface area contributed by atoms with E-state index < -0.39 is 5.97 Å². The smallest absolute Gasteiger partial charge is 0.328 e. The van der Waals surface area contributed by atoms with Crippen LogP contribution in [0.15, 0.2) is 30.5 Å². The molecule has 5 nitrogen and oxygen atoms in total. The number of carboxylic acids is 1. The van der Waals surface area contributed by atoms with Crippen LogP contribution in [0.5, 0.6) is 0 Å². The van der Waals surface area contributed by atoms with Gasteiger partial charge in [0, 0.05) is 11.8 Å². The molecular weight excluding hydrogens is 288 g/mol. The first-order valence-corrected chi connectivity index (χ1v) is 7.03. The SMILES string of the molecule is Cc1ncc(C(=O)Nc2ccc(C)c(/C=C/C(=O)O)c2)s1. The highest BCUT2D eigenvalue weighted by molar-refractivity contribution is 7.13. The molecule has 0 aliphatic heterocycles. The maximum Gasteiger partial charge on any atom is 0.328 e. The number of rotatable bonds is 4. The Morgan fingerprint density at radius 1 is 1.33 bits per heavy atom. The monoisotopic (exact) mass is 302 g/mol. The van der Waals surface area contributed by atoms with E-state index in [1.807, 2.05) is 19.9 Å². The summed E-state index contributed by atoms with van der Waals surface area (Å²) in [5, 5.41) is 12.3. The van der Waals surface area contributed by atoms with Crippen molar-refractivity contribution in [2.45, 2.75) is 13.8 Å². The van der Waals surface area contributed by atoms with E-state index in [1.165, 1.54) is 23.6 Å². The third-order valence-electron chi connectivity index (χ3n) is 2.79. The van der Waals surface area contributed by atoms with Crippen LogP contribution in [0.25, 0.3) is 6.08 Å². The van der Waals surface area contributed by atoms with Crippen molar-refractivity contribution in [1.82, 2.24) is 4.98 Å². The first-order chi connectivity index (χ1) is 9.95. The summed E-state index contributed by atoms with van der Waals surface area (Å²) >= 11 is 1.32. The number of aryl methyl sites for hydroxylation is 2. The Balaban J connectivity index is 2.19. The van der Waals surface area contributed by atoms with Crippen LogP contribution in [-0.2, 0) is 4.79 Å². The number of thiazole rings is 1. The Morgan fingerprint density at radius 3 is 2.71 bits per heavy atom. The van der Waals surface area contributed by atoms with Crippen molar-refractivity contribution >= 4 is 35.0 Å². The molecule has 0 unspecified atom stereocenters.